The summed E-state index contributed by atoms with van der Waals surface area (Å²) < 4.78 is 4.74. The van der Waals surface area contributed by atoms with Crippen LogP contribution in [0, 0.1) is 10.8 Å². The van der Waals surface area contributed by atoms with Crippen molar-refractivity contribution in [2.45, 2.75) is 38.8 Å². The number of carbonyl (C=O) groups is 1. The average molecular weight is 483 g/mol. The normalized spacial score (nSPS) is 17.1. The molecule has 1 fully saturated rings. The standard InChI is InChI=1S/C23H30N8O2S/c1-16(14-32)31(15-24)22(25)19-5-4-6-21(27-19)28-23(33)20-11-18-13-30(10-7-17(18)12-26-20)34-29-8-2-3-9-29/h4-6,11-12,15-16,24-25,32H,2-3,7-10,13-14H2,1H3,(H,27,28,33). The Morgan fingerprint density at radius 3 is 2.79 bits per heavy atom. The van der Waals surface area contributed by atoms with Gasteiger partial charge in [-0.15, -0.1) is 0 Å². The largest absolute Gasteiger partial charge is 0.394 e. The van der Waals surface area contributed by atoms with Gasteiger partial charge in [0.1, 0.15) is 17.2 Å². The van der Waals surface area contributed by atoms with Gasteiger partial charge < -0.3 is 15.3 Å². The molecule has 2 aromatic heterocycles. The number of amides is 1. The van der Waals surface area contributed by atoms with Crippen molar-refractivity contribution in [1.29, 1.82) is 10.8 Å². The second-order valence-corrected chi connectivity index (χ2v) is 9.64. The van der Waals surface area contributed by atoms with Crippen molar-refractivity contribution < 1.29 is 9.90 Å². The fourth-order valence-corrected chi connectivity index (χ4v) is 5.11. The lowest BCUT2D eigenvalue weighted by Gasteiger charge is -2.30. The smallest absolute Gasteiger partial charge is 0.275 e. The number of hydrogen-bond acceptors (Lipinski definition) is 9. The molecule has 0 aromatic carbocycles. The van der Waals surface area contributed by atoms with E-state index in [0.717, 1.165) is 44.5 Å². The molecule has 2 aliphatic heterocycles. The van der Waals surface area contributed by atoms with Crippen LogP contribution in [0.2, 0.25) is 0 Å². The van der Waals surface area contributed by atoms with Crippen LogP contribution in [0.3, 0.4) is 0 Å². The summed E-state index contributed by atoms with van der Waals surface area (Å²) >= 11 is 1.80. The summed E-state index contributed by atoms with van der Waals surface area (Å²) in [4.78, 5) is 22.9. The van der Waals surface area contributed by atoms with Crippen LogP contribution in [0.1, 0.15) is 47.1 Å². The molecule has 4 heterocycles. The zero-order chi connectivity index (χ0) is 24.1. The highest BCUT2D eigenvalue weighted by molar-refractivity contribution is 7.94. The van der Waals surface area contributed by atoms with Crippen LogP contribution in [-0.4, -0.2) is 78.9 Å². The summed E-state index contributed by atoms with van der Waals surface area (Å²) in [5.41, 5.74) is 2.90. The number of amidine groups is 1. The van der Waals surface area contributed by atoms with Crippen LogP contribution >= 0.6 is 12.1 Å². The van der Waals surface area contributed by atoms with Gasteiger partial charge in [-0.3, -0.25) is 20.6 Å². The van der Waals surface area contributed by atoms with Crippen LogP contribution in [0.25, 0.3) is 0 Å². The first-order valence-corrected chi connectivity index (χ1v) is 12.1. The molecule has 34 heavy (non-hydrogen) atoms. The van der Waals surface area contributed by atoms with Gasteiger partial charge in [0.15, 0.2) is 5.84 Å². The number of rotatable bonds is 8. The minimum atomic E-state index is -0.437. The molecule has 4 N–H and O–H groups in total. The predicted molar refractivity (Wildman–Crippen MR) is 133 cm³/mol. The van der Waals surface area contributed by atoms with Crippen LogP contribution in [-0.2, 0) is 13.0 Å². The highest BCUT2D eigenvalue weighted by Crippen LogP contribution is 2.28. The quantitative estimate of drug-likeness (QED) is 0.256. The summed E-state index contributed by atoms with van der Waals surface area (Å²) in [6, 6.07) is 6.38. The first-order valence-electron chi connectivity index (χ1n) is 11.4. The van der Waals surface area contributed by atoms with Crippen molar-refractivity contribution in [2.75, 3.05) is 31.6 Å². The number of anilines is 1. The number of carbonyl (C=O) groups excluding carboxylic acids is 1. The van der Waals surface area contributed by atoms with E-state index in [-0.39, 0.29) is 24.0 Å². The summed E-state index contributed by atoms with van der Waals surface area (Å²) in [6.07, 6.45) is 6.19. The Hall–Kier alpha value is -2.86. The fourth-order valence-electron chi connectivity index (χ4n) is 3.99. The third-order valence-electron chi connectivity index (χ3n) is 5.96. The molecule has 10 nitrogen and oxygen atoms in total. The number of aliphatic hydroxyl groups excluding tert-OH is 1. The maximum atomic E-state index is 12.9. The van der Waals surface area contributed by atoms with E-state index in [9.17, 15) is 9.90 Å². The third-order valence-corrected chi connectivity index (χ3v) is 7.10. The lowest BCUT2D eigenvalue weighted by atomic mass is 10.0. The Morgan fingerprint density at radius 2 is 2.06 bits per heavy atom. The van der Waals surface area contributed by atoms with Gasteiger partial charge in [0.2, 0.25) is 0 Å². The minimum absolute atomic E-state index is 0.0323. The van der Waals surface area contributed by atoms with E-state index in [4.69, 9.17) is 10.8 Å². The van der Waals surface area contributed by atoms with Gasteiger partial charge in [-0.2, -0.15) is 0 Å². The van der Waals surface area contributed by atoms with E-state index in [0.29, 0.717) is 11.5 Å². The van der Waals surface area contributed by atoms with Crippen molar-refractivity contribution in [3.63, 3.8) is 0 Å². The third kappa shape index (κ3) is 5.61. The average Bonchev–Trinajstić information content (AvgIpc) is 3.37. The maximum Gasteiger partial charge on any atom is 0.275 e. The Kier molecular flexibility index (Phi) is 7.88. The summed E-state index contributed by atoms with van der Waals surface area (Å²) in [5, 5.41) is 28.0. The molecule has 1 atom stereocenters. The number of aliphatic hydroxyl groups is 1. The number of pyridine rings is 2. The minimum Gasteiger partial charge on any atom is -0.394 e. The van der Waals surface area contributed by atoms with Gasteiger partial charge in [-0.25, -0.2) is 13.6 Å². The summed E-state index contributed by atoms with van der Waals surface area (Å²) in [6.45, 7) is 5.48. The van der Waals surface area contributed by atoms with Crippen LogP contribution in [0.5, 0.6) is 0 Å². The molecule has 0 saturated carbocycles. The Morgan fingerprint density at radius 1 is 1.26 bits per heavy atom. The Balaban J connectivity index is 1.44. The van der Waals surface area contributed by atoms with Gasteiger partial charge >= 0.3 is 0 Å². The van der Waals surface area contributed by atoms with Crippen molar-refractivity contribution >= 4 is 36.0 Å². The van der Waals surface area contributed by atoms with Crippen LogP contribution in [0.4, 0.5) is 5.82 Å². The zero-order valence-corrected chi connectivity index (χ0v) is 20.0. The molecule has 0 aliphatic carbocycles. The fraction of sp³-hybridized carbons (Fsp3) is 0.435. The van der Waals surface area contributed by atoms with E-state index >= 15 is 0 Å². The second-order valence-electron chi connectivity index (χ2n) is 8.45. The highest BCUT2D eigenvalue weighted by atomic mass is 32.2. The Bertz CT molecular complexity index is 1060. The molecule has 180 valence electrons. The molecule has 0 bridgehead atoms. The number of fused-ring (bicyclic) bond motifs is 1. The van der Waals surface area contributed by atoms with Crippen molar-refractivity contribution in [2.24, 2.45) is 0 Å². The number of nitrogens with zero attached hydrogens (tertiary/aromatic N) is 5. The molecule has 1 unspecified atom stereocenters. The van der Waals surface area contributed by atoms with Gasteiger partial charge in [-0.05, 0) is 55.5 Å². The predicted octanol–water partition coefficient (Wildman–Crippen LogP) is 2.36. The van der Waals surface area contributed by atoms with Crippen LogP contribution in [0.15, 0.2) is 30.5 Å². The lowest BCUT2D eigenvalue weighted by molar-refractivity contribution is 0.102. The van der Waals surface area contributed by atoms with Gasteiger partial charge in [0, 0.05) is 44.5 Å². The molecular formula is C23H30N8O2S. The van der Waals surface area contributed by atoms with Gasteiger partial charge in [0.25, 0.3) is 5.91 Å². The summed E-state index contributed by atoms with van der Waals surface area (Å²) in [5.74, 6) is -0.106. The Labute approximate surface area is 203 Å². The highest BCUT2D eigenvalue weighted by Gasteiger charge is 2.23. The van der Waals surface area contributed by atoms with E-state index in [1.54, 1.807) is 43.5 Å². The molecule has 11 heteroatoms. The molecular weight excluding hydrogens is 452 g/mol. The monoisotopic (exact) mass is 482 g/mol. The van der Waals surface area contributed by atoms with Crippen molar-refractivity contribution in [1.82, 2.24) is 23.5 Å². The number of nitrogens with one attached hydrogen (secondary N) is 3. The first kappa shape index (κ1) is 24.3. The van der Waals surface area contributed by atoms with Crippen molar-refractivity contribution in [3.05, 3.63) is 53.0 Å². The molecule has 1 amide bonds. The number of hydrogen-bond donors (Lipinski definition) is 4. The van der Waals surface area contributed by atoms with E-state index in [1.807, 2.05) is 6.07 Å². The maximum absolute atomic E-state index is 12.9. The number of aromatic nitrogens is 2. The topological polar surface area (TPSA) is 133 Å². The SMILES string of the molecule is CC(CO)N(C=N)C(=N)c1cccc(NC(=O)c2cc3c(cn2)CCN(SN2CCCC2)C3)n1. The van der Waals surface area contributed by atoms with Crippen LogP contribution < -0.4 is 5.32 Å². The van der Waals surface area contributed by atoms with Crippen molar-refractivity contribution in [3.8, 4) is 0 Å². The van der Waals surface area contributed by atoms with Gasteiger partial charge in [0.05, 0.1) is 19.0 Å². The lowest BCUT2D eigenvalue weighted by Crippen LogP contribution is -2.39. The molecule has 1 saturated heterocycles. The van der Waals surface area contributed by atoms with E-state index in [2.05, 4.69) is 23.9 Å². The second kappa shape index (κ2) is 11.0. The van der Waals surface area contributed by atoms with E-state index in [1.165, 1.54) is 23.3 Å². The molecule has 2 aromatic rings. The zero-order valence-electron chi connectivity index (χ0n) is 19.2. The van der Waals surface area contributed by atoms with Gasteiger partial charge in [-0.1, -0.05) is 6.07 Å². The molecule has 0 spiro atoms. The van der Waals surface area contributed by atoms with E-state index < -0.39 is 6.04 Å². The molecule has 0 radical (unpaired) electrons. The molecule has 4 rings (SSSR count). The summed E-state index contributed by atoms with van der Waals surface area (Å²) in [7, 11) is 0. The molecule has 2 aliphatic rings. The first-order chi connectivity index (χ1) is 16.5.